The smallest absolute Gasteiger partial charge is 0.179 e. The van der Waals surface area contributed by atoms with Crippen LogP contribution in [0, 0.1) is 20.8 Å². The van der Waals surface area contributed by atoms with E-state index in [1.807, 2.05) is 26.8 Å². The van der Waals surface area contributed by atoms with Crippen LogP contribution in [0.25, 0.3) is 0 Å². The first-order valence-electron chi connectivity index (χ1n) is 5.26. The van der Waals surface area contributed by atoms with Crippen LogP contribution < -0.4 is 5.32 Å². The van der Waals surface area contributed by atoms with Crippen molar-refractivity contribution in [3.8, 4) is 0 Å². The van der Waals surface area contributed by atoms with E-state index >= 15 is 0 Å². The maximum absolute atomic E-state index is 12.0. The van der Waals surface area contributed by atoms with Crippen molar-refractivity contribution in [1.82, 2.24) is 5.32 Å². The monoisotopic (exact) mass is 205 g/mol. The van der Waals surface area contributed by atoms with Crippen LogP contribution in [0.1, 0.15) is 34.0 Å². The second-order valence-electron chi connectivity index (χ2n) is 4.13. The SMILES string of the molecule is CN[C@H](C)C(=O)c1cc(C)c(C)cc1C. The number of carbonyl (C=O) groups excluding carboxylic acids is 1. The zero-order valence-electron chi connectivity index (χ0n) is 10.1. The lowest BCUT2D eigenvalue weighted by Gasteiger charge is -2.13. The second-order valence-corrected chi connectivity index (χ2v) is 4.13. The highest BCUT2D eigenvalue weighted by Crippen LogP contribution is 2.16. The van der Waals surface area contributed by atoms with E-state index in [0.29, 0.717) is 0 Å². The van der Waals surface area contributed by atoms with Crippen molar-refractivity contribution < 1.29 is 4.79 Å². The molecule has 1 rings (SSSR count). The lowest BCUT2D eigenvalue weighted by Crippen LogP contribution is -2.31. The second kappa shape index (κ2) is 4.58. The molecule has 82 valence electrons. The molecule has 1 aromatic carbocycles. The summed E-state index contributed by atoms with van der Waals surface area (Å²) >= 11 is 0. The molecular weight excluding hydrogens is 186 g/mol. The first-order chi connectivity index (χ1) is 6.97. The largest absolute Gasteiger partial charge is 0.310 e. The van der Waals surface area contributed by atoms with Gasteiger partial charge in [0.2, 0.25) is 0 Å². The number of ketones is 1. The minimum atomic E-state index is -0.120. The van der Waals surface area contributed by atoms with Crippen LogP contribution in [0.3, 0.4) is 0 Å². The molecule has 2 heteroatoms. The number of hydrogen-bond donors (Lipinski definition) is 1. The van der Waals surface area contributed by atoms with Gasteiger partial charge in [-0.15, -0.1) is 0 Å². The van der Waals surface area contributed by atoms with Crippen LogP contribution in [0.15, 0.2) is 12.1 Å². The summed E-state index contributed by atoms with van der Waals surface area (Å²) in [5, 5.41) is 2.97. The average Bonchev–Trinajstić information content (AvgIpc) is 2.21. The summed E-state index contributed by atoms with van der Waals surface area (Å²) in [4.78, 5) is 12.0. The fourth-order valence-corrected chi connectivity index (χ4v) is 1.59. The topological polar surface area (TPSA) is 29.1 Å². The molecule has 1 N–H and O–H groups in total. The molecular formula is C13H19NO. The van der Waals surface area contributed by atoms with Gasteiger partial charge in [-0.3, -0.25) is 4.79 Å². The predicted molar refractivity (Wildman–Crippen MR) is 63.5 cm³/mol. The quantitative estimate of drug-likeness (QED) is 0.768. The van der Waals surface area contributed by atoms with Crippen molar-refractivity contribution >= 4 is 5.78 Å². The van der Waals surface area contributed by atoms with E-state index < -0.39 is 0 Å². The van der Waals surface area contributed by atoms with Crippen LogP contribution >= 0.6 is 0 Å². The Bertz CT molecular complexity index is 382. The molecule has 0 aliphatic heterocycles. The Balaban J connectivity index is 3.15. The third-order valence-corrected chi connectivity index (χ3v) is 2.93. The zero-order valence-corrected chi connectivity index (χ0v) is 10.1. The Morgan fingerprint density at radius 2 is 1.67 bits per heavy atom. The number of rotatable bonds is 3. The minimum Gasteiger partial charge on any atom is -0.310 e. The summed E-state index contributed by atoms with van der Waals surface area (Å²) in [6.45, 7) is 7.98. The zero-order chi connectivity index (χ0) is 11.6. The molecule has 2 nitrogen and oxygen atoms in total. The Hall–Kier alpha value is -1.15. The highest BCUT2D eigenvalue weighted by Gasteiger charge is 2.15. The molecule has 0 amide bonds. The fraction of sp³-hybridized carbons (Fsp3) is 0.462. The van der Waals surface area contributed by atoms with Crippen molar-refractivity contribution in [2.75, 3.05) is 7.05 Å². The Kier molecular flexibility index (Phi) is 3.64. The van der Waals surface area contributed by atoms with E-state index in [1.54, 1.807) is 7.05 Å². The molecule has 0 aromatic heterocycles. The van der Waals surface area contributed by atoms with Gasteiger partial charge in [0.15, 0.2) is 5.78 Å². The average molecular weight is 205 g/mol. The maximum Gasteiger partial charge on any atom is 0.179 e. The van der Waals surface area contributed by atoms with Crippen molar-refractivity contribution in [3.63, 3.8) is 0 Å². The summed E-state index contributed by atoms with van der Waals surface area (Å²) in [6, 6.07) is 3.94. The van der Waals surface area contributed by atoms with Crippen LogP contribution in [-0.4, -0.2) is 18.9 Å². The molecule has 0 spiro atoms. The highest BCUT2D eigenvalue weighted by molar-refractivity contribution is 6.01. The number of Topliss-reactive ketones (excluding diaryl/α,β-unsaturated/α-hetero) is 1. The molecule has 15 heavy (non-hydrogen) atoms. The summed E-state index contributed by atoms with van der Waals surface area (Å²) in [5.74, 6) is 0.165. The molecule has 0 unspecified atom stereocenters. The lowest BCUT2D eigenvalue weighted by atomic mass is 9.95. The third kappa shape index (κ3) is 2.45. The van der Waals surface area contributed by atoms with Gasteiger partial charge < -0.3 is 5.32 Å². The Labute approximate surface area is 91.7 Å². The van der Waals surface area contributed by atoms with Gasteiger partial charge in [-0.2, -0.15) is 0 Å². The summed E-state index contributed by atoms with van der Waals surface area (Å²) in [7, 11) is 1.80. The minimum absolute atomic E-state index is 0.120. The van der Waals surface area contributed by atoms with Gasteiger partial charge in [0, 0.05) is 5.56 Å². The number of aryl methyl sites for hydroxylation is 3. The third-order valence-electron chi connectivity index (χ3n) is 2.93. The number of likely N-dealkylation sites (N-methyl/N-ethyl adjacent to an activating group) is 1. The van der Waals surface area contributed by atoms with Crippen LogP contribution in [-0.2, 0) is 0 Å². The molecule has 1 aromatic rings. The van der Waals surface area contributed by atoms with Gasteiger partial charge >= 0.3 is 0 Å². The van der Waals surface area contributed by atoms with Crippen molar-refractivity contribution in [2.24, 2.45) is 0 Å². The van der Waals surface area contributed by atoms with E-state index in [-0.39, 0.29) is 11.8 Å². The van der Waals surface area contributed by atoms with Crippen LogP contribution in [0.2, 0.25) is 0 Å². The van der Waals surface area contributed by atoms with E-state index in [2.05, 4.69) is 18.3 Å². The molecule has 1 atom stereocenters. The molecule has 0 bridgehead atoms. The van der Waals surface area contributed by atoms with Gasteiger partial charge in [-0.05, 0) is 57.5 Å². The van der Waals surface area contributed by atoms with Crippen molar-refractivity contribution in [3.05, 3.63) is 34.4 Å². The van der Waals surface area contributed by atoms with E-state index in [1.165, 1.54) is 11.1 Å². The van der Waals surface area contributed by atoms with Gasteiger partial charge in [-0.1, -0.05) is 6.07 Å². The standard InChI is InChI=1S/C13H19NO/c1-8-6-10(3)12(7-9(8)2)13(15)11(4)14-5/h6-7,11,14H,1-5H3/t11-/m1/s1. The van der Waals surface area contributed by atoms with Gasteiger partial charge in [0.25, 0.3) is 0 Å². The van der Waals surface area contributed by atoms with Crippen molar-refractivity contribution in [1.29, 1.82) is 0 Å². The summed E-state index contributed by atoms with van der Waals surface area (Å²) in [5.41, 5.74) is 4.30. The van der Waals surface area contributed by atoms with E-state index in [4.69, 9.17) is 0 Å². The first-order valence-corrected chi connectivity index (χ1v) is 5.26. The molecule has 0 heterocycles. The highest BCUT2D eigenvalue weighted by atomic mass is 16.1. The number of carbonyl (C=O) groups is 1. The molecule has 0 radical (unpaired) electrons. The van der Waals surface area contributed by atoms with Gasteiger partial charge in [0.05, 0.1) is 6.04 Å². The molecule has 0 fully saturated rings. The van der Waals surface area contributed by atoms with Gasteiger partial charge in [0.1, 0.15) is 0 Å². The number of hydrogen-bond acceptors (Lipinski definition) is 2. The Morgan fingerprint density at radius 3 is 2.20 bits per heavy atom. The van der Waals surface area contributed by atoms with Crippen LogP contribution in [0.4, 0.5) is 0 Å². The van der Waals surface area contributed by atoms with Gasteiger partial charge in [-0.25, -0.2) is 0 Å². The predicted octanol–water partition coefficient (Wildman–Crippen LogP) is 2.40. The van der Waals surface area contributed by atoms with Crippen LogP contribution in [0.5, 0.6) is 0 Å². The molecule has 0 saturated carbocycles. The summed E-state index contributed by atoms with van der Waals surface area (Å²) < 4.78 is 0. The van der Waals surface area contributed by atoms with E-state index in [0.717, 1.165) is 11.1 Å². The van der Waals surface area contributed by atoms with E-state index in [9.17, 15) is 4.79 Å². The molecule has 0 aliphatic carbocycles. The molecule has 0 saturated heterocycles. The summed E-state index contributed by atoms with van der Waals surface area (Å²) in [6.07, 6.45) is 0. The fourth-order valence-electron chi connectivity index (χ4n) is 1.59. The first kappa shape index (κ1) is 11.9. The number of benzene rings is 1. The van der Waals surface area contributed by atoms with Crippen molar-refractivity contribution in [2.45, 2.75) is 33.7 Å². The maximum atomic E-state index is 12.0. The lowest BCUT2D eigenvalue weighted by molar-refractivity contribution is 0.0954. The molecule has 0 aliphatic rings. The Morgan fingerprint density at radius 1 is 1.13 bits per heavy atom. The number of nitrogens with one attached hydrogen (secondary N) is 1. The normalized spacial score (nSPS) is 12.6.